The van der Waals surface area contributed by atoms with E-state index in [0.717, 1.165) is 10.0 Å². The Morgan fingerprint density at radius 2 is 2.00 bits per heavy atom. The first kappa shape index (κ1) is 13.1. The van der Waals surface area contributed by atoms with Gasteiger partial charge < -0.3 is 5.32 Å². The lowest BCUT2D eigenvalue weighted by Gasteiger charge is -2.07. The molecule has 0 radical (unpaired) electrons. The van der Waals surface area contributed by atoms with E-state index in [1.807, 2.05) is 13.0 Å². The molecule has 18 heavy (non-hydrogen) atoms. The first-order valence-electron chi connectivity index (χ1n) is 5.39. The molecule has 2 aromatic carbocycles. The number of amides is 1. The summed E-state index contributed by atoms with van der Waals surface area (Å²) in [5.41, 5.74) is 2.38. The number of nitrogens with one attached hydrogen (secondary N) is 1. The second-order valence-electron chi connectivity index (χ2n) is 3.93. The van der Waals surface area contributed by atoms with Crippen LogP contribution in [0.5, 0.6) is 0 Å². The van der Waals surface area contributed by atoms with Crippen molar-refractivity contribution in [2.75, 3.05) is 5.32 Å². The molecule has 0 spiro atoms. The molecule has 0 saturated heterocycles. The van der Waals surface area contributed by atoms with Crippen molar-refractivity contribution >= 4 is 39.1 Å². The molecule has 0 aliphatic carbocycles. The number of aryl methyl sites for hydroxylation is 1. The maximum absolute atomic E-state index is 12.0. The summed E-state index contributed by atoms with van der Waals surface area (Å²) in [6.45, 7) is 1.97. The molecular formula is C14H11BrClNO. The summed E-state index contributed by atoms with van der Waals surface area (Å²) >= 11 is 9.27. The van der Waals surface area contributed by atoms with E-state index in [2.05, 4.69) is 21.2 Å². The zero-order valence-electron chi connectivity index (χ0n) is 9.71. The number of halogens is 2. The molecule has 4 heteroatoms. The highest BCUT2D eigenvalue weighted by molar-refractivity contribution is 9.10. The smallest absolute Gasteiger partial charge is 0.255 e. The Labute approximate surface area is 119 Å². The minimum atomic E-state index is -0.155. The first-order valence-corrected chi connectivity index (χ1v) is 6.56. The van der Waals surface area contributed by atoms with E-state index in [-0.39, 0.29) is 5.91 Å². The van der Waals surface area contributed by atoms with Gasteiger partial charge in [-0.25, -0.2) is 0 Å². The molecule has 2 aromatic rings. The first-order chi connectivity index (χ1) is 8.56. The molecule has 0 aromatic heterocycles. The number of carbonyl (C=O) groups excluding carboxylic acids is 1. The molecule has 0 aliphatic rings. The van der Waals surface area contributed by atoms with Gasteiger partial charge in [0.15, 0.2) is 0 Å². The summed E-state index contributed by atoms with van der Waals surface area (Å²) in [5, 5.41) is 3.40. The minimum Gasteiger partial charge on any atom is -0.322 e. The van der Waals surface area contributed by atoms with Gasteiger partial charge in [0.25, 0.3) is 5.91 Å². The average molecular weight is 325 g/mol. The Morgan fingerprint density at radius 3 is 2.67 bits per heavy atom. The van der Waals surface area contributed by atoms with E-state index >= 15 is 0 Å². The highest BCUT2D eigenvalue weighted by Crippen LogP contribution is 2.19. The fourth-order valence-corrected chi connectivity index (χ4v) is 2.07. The molecule has 0 saturated carbocycles. The lowest BCUT2D eigenvalue weighted by atomic mass is 10.1. The van der Waals surface area contributed by atoms with Crippen molar-refractivity contribution in [3.8, 4) is 0 Å². The summed E-state index contributed by atoms with van der Waals surface area (Å²) in [5.74, 6) is -0.155. The third-order valence-corrected chi connectivity index (χ3v) is 3.61. The van der Waals surface area contributed by atoms with Crippen LogP contribution in [0, 0.1) is 6.92 Å². The average Bonchev–Trinajstić information content (AvgIpc) is 2.32. The van der Waals surface area contributed by atoms with Crippen LogP contribution in [0.2, 0.25) is 5.02 Å². The van der Waals surface area contributed by atoms with Gasteiger partial charge in [0.2, 0.25) is 0 Å². The molecule has 0 aliphatic heterocycles. The van der Waals surface area contributed by atoms with Crippen molar-refractivity contribution < 1.29 is 4.79 Å². The van der Waals surface area contributed by atoms with Gasteiger partial charge >= 0.3 is 0 Å². The van der Waals surface area contributed by atoms with Gasteiger partial charge in [-0.15, -0.1) is 0 Å². The van der Waals surface area contributed by atoms with Crippen molar-refractivity contribution in [1.29, 1.82) is 0 Å². The summed E-state index contributed by atoms with van der Waals surface area (Å²) in [7, 11) is 0. The van der Waals surface area contributed by atoms with Crippen molar-refractivity contribution in [1.82, 2.24) is 0 Å². The number of benzene rings is 2. The van der Waals surface area contributed by atoms with Crippen LogP contribution in [0.3, 0.4) is 0 Å². The Balaban J connectivity index is 2.19. The van der Waals surface area contributed by atoms with Gasteiger partial charge in [0.1, 0.15) is 0 Å². The lowest BCUT2D eigenvalue weighted by molar-refractivity contribution is 0.102. The molecule has 2 rings (SSSR count). The Bertz CT molecular complexity index is 598. The number of hydrogen-bond acceptors (Lipinski definition) is 1. The van der Waals surface area contributed by atoms with Gasteiger partial charge in [-0.2, -0.15) is 0 Å². The Kier molecular flexibility index (Phi) is 4.04. The lowest BCUT2D eigenvalue weighted by Crippen LogP contribution is -2.11. The maximum Gasteiger partial charge on any atom is 0.255 e. The predicted molar refractivity (Wildman–Crippen MR) is 78.3 cm³/mol. The van der Waals surface area contributed by atoms with Crippen molar-refractivity contribution in [3.63, 3.8) is 0 Å². The monoisotopic (exact) mass is 323 g/mol. The maximum atomic E-state index is 12.0. The second kappa shape index (κ2) is 5.55. The van der Waals surface area contributed by atoms with Gasteiger partial charge in [0, 0.05) is 20.7 Å². The van der Waals surface area contributed by atoms with Crippen molar-refractivity contribution in [2.45, 2.75) is 6.92 Å². The summed E-state index contributed by atoms with van der Waals surface area (Å²) in [4.78, 5) is 12.0. The normalized spacial score (nSPS) is 10.2. The molecule has 0 heterocycles. The van der Waals surface area contributed by atoms with Gasteiger partial charge in [-0.05, 0) is 42.8 Å². The van der Waals surface area contributed by atoms with Crippen LogP contribution < -0.4 is 5.32 Å². The predicted octanol–water partition coefficient (Wildman–Crippen LogP) is 4.66. The van der Waals surface area contributed by atoms with Gasteiger partial charge in [-0.3, -0.25) is 4.79 Å². The standard InChI is InChI=1S/C14H11BrClNO/c1-9-5-6-10(7-13(9)15)14(18)17-12-4-2-3-11(16)8-12/h2-8H,1H3,(H,17,18). The van der Waals surface area contributed by atoms with Gasteiger partial charge in [0.05, 0.1) is 0 Å². The second-order valence-corrected chi connectivity index (χ2v) is 5.22. The number of anilines is 1. The van der Waals surface area contributed by atoms with Crippen LogP contribution >= 0.6 is 27.5 Å². The fraction of sp³-hybridized carbons (Fsp3) is 0.0714. The van der Waals surface area contributed by atoms with E-state index in [0.29, 0.717) is 16.3 Å². The third-order valence-electron chi connectivity index (χ3n) is 2.52. The molecule has 0 fully saturated rings. The molecule has 0 atom stereocenters. The third kappa shape index (κ3) is 3.12. The quantitative estimate of drug-likeness (QED) is 0.855. The van der Waals surface area contributed by atoms with Crippen LogP contribution in [-0.2, 0) is 0 Å². The zero-order valence-corrected chi connectivity index (χ0v) is 12.0. The number of rotatable bonds is 2. The van der Waals surface area contributed by atoms with Crippen LogP contribution in [-0.4, -0.2) is 5.91 Å². The van der Waals surface area contributed by atoms with E-state index in [4.69, 9.17) is 11.6 Å². The van der Waals surface area contributed by atoms with Crippen LogP contribution in [0.1, 0.15) is 15.9 Å². The van der Waals surface area contributed by atoms with E-state index < -0.39 is 0 Å². The number of carbonyl (C=O) groups is 1. The summed E-state index contributed by atoms with van der Waals surface area (Å²) < 4.78 is 0.918. The van der Waals surface area contributed by atoms with Crippen molar-refractivity contribution in [2.24, 2.45) is 0 Å². The Hall–Kier alpha value is -1.32. The highest BCUT2D eigenvalue weighted by atomic mass is 79.9. The SMILES string of the molecule is Cc1ccc(C(=O)Nc2cccc(Cl)c2)cc1Br. The molecular weight excluding hydrogens is 314 g/mol. The van der Waals surface area contributed by atoms with E-state index in [1.165, 1.54) is 0 Å². The van der Waals surface area contributed by atoms with Crippen LogP contribution in [0.15, 0.2) is 46.9 Å². The molecule has 1 N–H and O–H groups in total. The highest BCUT2D eigenvalue weighted by Gasteiger charge is 2.07. The molecule has 92 valence electrons. The van der Waals surface area contributed by atoms with Crippen LogP contribution in [0.4, 0.5) is 5.69 Å². The van der Waals surface area contributed by atoms with E-state index in [1.54, 1.807) is 36.4 Å². The Morgan fingerprint density at radius 1 is 1.22 bits per heavy atom. The number of hydrogen-bond donors (Lipinski definition) is 1. The van der Waals surface area contributed by atoms with Gasteiger partial charge in [-0.1, -0.05) is 39.7 Å². The summed E-state index contributed by atoms with van der Waals surface area (Å²) in [6, 6.07) is 12.6. The topological polar surface area (TPSA) is 29.1 Å². The van der Waals surface area contributed by atoms with E-state index in [9.17, 15) is 4.79 Å². The van der Waals surface area contributed by atoms with Crippen molar-refractivity contribution in [3.05, 3.63) is 63.1 Å². The molecule has 0 bridgehead atoms. The molecule has 1 amide bonds. The van der Waals surface area contributed by atoms with Crippen LogP contribution in [0.25, 0.3) is 0 Å². The largest absolute Gasteiger partial charge is 0.322 e. The molecule has 2 nitrogen and oxygen atoms in total. The minimum absolute atomic E-state index is 0.155. The molecule has 0 unspecified atom stereocenters. The fourth-order valence-electron chi connectivity index (χ4n) is 1.50. The summed E-state index contributed by atoms with van der Waals surface area (Å²) in [6.07, 6.45) is 0. The zero-order chi connectivity index (χ0) is 13.1.